The lowest BCUT2D eigenvalue weighted by molar-refractivity contribution is -0.131. The van der Waals surface area contributed by atoms with Gasteiger partial charge in [-0.05, 0) is 39.8 Å². The number of rotatable bonds is 3. The van der Waals surface area contributed by atoms with Crippen molar-refractivity contribution in [2.45, 2.75) is 40.2 Å². The summed E-state index contributed by atoms with van der Waals surface area (Å²) in [6.07, 6.45) is 1.75. The Morgan fingerprint density at radius 2 is 2.11 bits per heavy atom. The van der Waals surface area contributed by atoms with Crippen LogP contribution in [0, 0.1) is 19.3 Å². The second kappa shape index (κ2) is 5.10. The third kappa shape index (κ3) is 2.72. The first-order valence-electron chi connectivity index (χ1n) is 6.43. The number of aryl methyl sites for hydroxylation is 2. The van der Waals surface area contributed by atoms with Gasteiger partial charge in [-0.25, -0.2) is 4.98 Å². The van der Waals surface area contributed by atoms with Gasteiger partial charge >= 0.3 is 0 Å². The van der Waals surface area contributed by atoms with E-state index >= 15 is 0 Å². The Kier molecular flexibility index (Phi) is 3.71. The molecule has 0 bridgehead atoms. The van der Waals surface area contributed by atoms with Crippen LogP contribution in [0.4, 0.5) is 0 Å². The number of nitrogens with zero attached hydrogens (tertiary/aromatic N) is 1. The van der Waals surface area contributed by atoms with Gasteiger partial charge in [0.15, 0.2) is 0 Å². The maximum Gasteiger partial charge on any atom is 0.226 e. The van der Waals surface area contributed by atoms with E-state index in [4.69, 9.17) is 4.42 Å². The van der Waals surface area contributed by atoms with Crippen molar-refractivity contribution in [3.05, 3.63) is 17.3 Å². The van der Waals surface area contributed by atoms with Crippen LogP contribution < -0.4 is 10.6 Å². The molecule has 2 heterocycles. The molecule has 1 aliphatic heterocycles. The lowest BCUT2D eigenvalue weighted by Crippen LogP contribution is -2.45. The van der Waals surface area contributed by atoms with Crippen LogP contribution >= 0.6 is 0 Å². The SMILES string of the molecule is Cc1nc(CNC(=O)C2(C)CCNCC2)oc1C. The number of nitrogens with one attached hydrogen (secondary N) is 2. The second-order valence-electron chi connectivity index (χ2n) is 5.24. The fourth-order valence-corrected chi connectivity index (χ4v) is 2.19. The van der Waals surface area contributed by atoms with Gasteiger partial charge in [-0.1, -0.05) is 6.92 Å². The lowest BCUT2D eigenvalue weighted by Gasteiger charge is -2.32. The van der Waals surface area contributed by atoms with E-state index < -0.39 is 0 Å². The molecule has 0 aromatic carbocycles. The molecule has 0 saturated carbocycles. The molecule has 0 radical (unpaired) electrons. The summed E-state index contributed by atoms with van der Waals surface area (Å²) in [5, 5.41) is 6.20. The minimum atomic E-state index is -0.262. The molecule has 0 unspecified atom stereocenters. The molecule has 1 aromatic rings. The Balaban J connectivity index is 1.91. The summed E-state index contributed by atoms with van der Waals surface area (Å²) in [6.45, 7) is 7.98. The summed E-state index contributed by atoms with van der Waals surface area (Å²) in [7, 11) is 0. The van der Waals surface area contributed by atoms with Gasteiger partial charge in [0.1, 0.15) is 5.76 Å². The van der Waals surface area contributed by atoms with Crippen molar-refractivity contribution in [2.24, 2.45) is 5.41 Å². The van der Waals surface area contributed by atoms with Crippen molar-refractivity contribution in [3.8, 4) is 0 Å². The van der Waals surface area contributed by atoms with E-state index in [0.29, 0.717) is 12.4 Å². The monoisotopic (exact) mass is 251 g/mol. The highest BCUT2D eigenvalue weighted by atomic mass is 16.4. The van der Waals surface area contributed by atoms with Crippen LogP contribution in [0.1, 0.15) is 37.1 Å². The maximum absolute atomic E-state index is 12.2. The Labute approximate surface area is 107 Å². The van der Waals surface area contributed by atoms with Crippen molar-refractivity contribution in [1.82, 2.24) is 15.6 Å². The predicted octanol–water partition coefficient (Wildman–Crippen LogP) is 1.30. The van der Waals surface area contributed by atoms with Gasteiger partial charge in [0, 0.05) is 5.41 Å². The molecule has 1 aliphatic rings. The second-order valence-corrected chi connectivity index (χ2v) is 5.24. The van der Waals surface area contributed by atoms with Gasteiger partial charge in [-0.2, -0.15) is 0 Å². The third-order valence-electron chi connectivity index (χ3n) is 3.73. The molecule has 2 N–H and O–H groups in total. The van der Waals surface area contributed by atoms with Gasteiger partial charge in [0.2, 0.25) is 11.8 Å². The topological polar surface area (TPSA) is 67.2 Å². The summed E-state index contributed by atoms with van der Waals surface area (Å²) >= 11 is 0. The lowest BCUT2D eigenvalue weighted by atomic mass is 9.80. The van der Waals surface area contributed by atoms with Crippen molar-refractivity contribution < 1.29 is 9.21 Å². The number of oxazole rings is 1. The molecule has 2 rings (SSSR count). The number of aromatic nitrogens is 1. The van der Waals surface area contributed by atoms with Crippen LogP contribution in [0.25, 0.3) is 0 Å². The molecule has 18 heavy (non-hydrogen) atoms. The first-order valence-corrected chi connectivity index (χ1v) is 6.43. The summed E-state index contributed by atoms with van der Waals surface area (Å²) in [5.74, 6) is 1.49. The molecule has 5 nitrogen and oxygen atoms in total. The first-order chi connectivity index (χ1) is 8.51. The first kappa shape index (κ1) is 13.1. The molecule has 1 aromatic heterocycles. The Bertz CT molecular complexity index is 414. The summed E-state index contributed by atoms with van der Waals surface area (Å²) < 4.78 is 5.45. The average molecular weight is 251 g/mol. The molecule has 100 valence electrons. The normalized spacial score (nSPS) is 18.6. The molecule has 1 saturated heterocycles. The van der Waals surface area contributed by atoms with E-state index in [1.54, 1.807) is 0 Å². The number of piperidine rings is 1. The standard InChI is InChI=1S/C13H21N3O2/c1-9-10(2)18-11(16-9)8-15-12(17)13(3)4-6-14-7-5-13/h14H,4-8H2,1-3H3,(H,15,17). The minimum absolute atomic E-state index is 0.0949. The fourth-order valence-electron chi connectivity index (χ4n) is 2.19. The Morgan fingerprint density at radius 1 is 1.44 bits per heavy atom. The van der Waals surface area contributed by atoms with E-state index in [0.717, 1.165) is 37.4 Å². The molecular weight excluding hydrogens is 230 g/mol. The van der Waals surface area contributed by atoms with Gasteiger partial charge < -0.3 is 15.1 Å². The van der Waals surface area contributed by atoms with Crippen molar-refractivity contribution in [3.63, 3.8) is 0 Å². The summed E-state index contributed by atoms with van der Waals surface area (Å²) in [5.41, 5.74) is 0.620. The fraction of sp³-hybridized carbons (Fsp3) is 0.692. The maximum atomic E-state index is 12.2. The van der Waals surface area contributed by atoms with Crippen LogP contribution in [0.5, 0.6) is 0 Å². The molecule has 1 fully saturated rings. The minimum Gasteiger partial charge on any atom is -0.444 e. The highest BCUT2D eigenvalue weighted by Crippen LogP contribution is 2.28. The van der Waals surface area contributed by atoms with Crippen molar-refractivity contribution in [2.75, 3.05) is 13.1 Å². The smallest absolute Gasteiger partial charge is 0.226 e. The van der Waals surface area contributed by atoms with Gasteiger partial charge in [-0.3, -0.25) is 4.79 Å². The van der Waals surface area contributed by atoms with Gasteiger partial charge in [-0.15, -0.1) is 0 Å². The van der Waals surface area contributed by atoms with Crippen molar-refractivity contribution >= 4 is 5.91 Å². The number of hydrogen-bond acceptors (Lipinski definition) is 4. The van der Waals surface area contributed by atoms with Gasteiger partial charge in [0.05, 0.1) is 12.2 Å². The average Bonchev–Trinajstić information content (AvgIpc) is 2.67. The highest BCUT2D eigenvalue weighted by Gasteiger charge is 2.34. The number of hydrogen-bond donors (Lipinski definition) is 2. The Hall–Kier alpha value is -1.36. The largest absolute Gasteiger partial charge is 0.444 e. The zero-order valence-electron chi connectivity index (χ0n) is 11.3. The van der Waals surface area contributed by atoms with E-state index in [2.05, 4.69) is 15.6 Å². The Morgan fingerprint density at radius 3 is 2.67 bits per heavy atom. The van der Waals surface area contributed by atoms with E-state index in [1.807, 2.05) is 20.8 Å². The number of carbonyl (C=O) groups is 1. The highest BCUT2D eigenvalue weighted by molar-refractivity contribution is 5.82. The van der Waals surface area contributed by atoms with Crippen LogP contribution in [-0.2, 0) is 11.3 Å². The zero-order chi connectivity index (χ0) is 13.2. The van der Waals surface area contributed by atoms with E-state index in [1.165, 1.54) is 0 Å². The van der Waals surface area contributed by atoms with Crippen LogP contribution in [-0.4, -0.2) is 24.0 Å². The molecule has 0 spiro atoms. The van der Waals surface area contributed by atoms with Crippen LogP contribution in [0.2, 0.25) is 0 Å². The number of amides is 1. The van der Waals surface area contributed by atoms with E-state index in [9.17, 15) is 4.79 Å². The summed E-state index contributed by atoms with van der Waals surface area (Å²) in [6, 6.07) is 0. The zero-order valence-corrected chi connectivity index (χ0v) is 11.3. The van der Waals surface area contributed by atoms with Crippen LogP contribution in [0.3, 0.4) is 0 Å². The van der Waals surface area contributed by atoms with E-state index in [-0.39, 0.29) is 11.3 Å². The molecule has 0 atom stereocenters. The predicted molar refractivity (Wildman–Crippen MR) is 68.0 cm³/mol. The van der Waals surface area contributed by atoms with Crippen LogP contribution in [0.15, 0.2) is 4.42 Å². The molecule has 1 amide bonds. The number of carbonyl (C=O) groups excluding carboxylic acids is 1. The summed E-state index contributed by atoms with van der Waals surface area (Å²) in [4.78, 5) is 16.4. The molecule has 5 heteroatoms. The molecule has 0 aliphatic carbocycles. The third-order valence-corrected chi connectivity index (χ3v) is 3.73. The molecular formula is C13H21N3O2. The van der Waals surface area contributed by atoms with Gasteiger partial charge in [0.25, 0.3) is 0 Å². The quantitative estimate of drug-likeness (QED) is 0.849. The van der Waals surface area contributed by atoms with Crippen molar-refractivity contribution in [1.29, 1.82) is 0 Å².